The van der Waals surface area contributed by atoms with Crippen LogP contribution in [0, 0.1) is 0 Å². The molecule has 4 aromatic heterocycles. The molecule has 8 nitrogen and oxygen atoms in total. The van der Waals surface area contributed by atoms with Gasteiger partial charge >= 0.3 is 11.9 Å². The number of nitrogens with zero attached hydrogens (tertiary/aromatic N) is 2. The van der Waals surface area contributed by atoms with E-state index in [1.54, 1.807) is 60.4 Å². The Labute approximate surface area is 202 Å². The van der Waals surface area contributed by atoms with E-state index in [-0.39, 0.29) is 28.6 Å². The standard InChI is InChI=1S/C13H11NO3S.C11H7NO3S/c1-2-17-13(16)10-5-8-18-12(10)11(15)9-3-6-14-7-4-9;13-9(7-1-4-12-5-2-7)10-8(11(14)15)3-6-16-10/h3-8H,2H2,1H3;1-6H,(H,14,15). The number of carboxylic acids is 1. The van der Waals surface area contributed by atoms with E-state index in [0.717, 1.165) is 11.3 Å². The molecule has 1 N–H and O–H groups in total. The van der Waals surface area contributed by atoms with Gasteiger partial charge in [0.25, 0.3) is 0 Å². The number of carbonyl (C=O) groups excluding carboxylic acids is 3. The van der Waals surface area contributed by atoms with Crippen molar-refractivity contribution in [2.45, 2.75) is 6.92 Å². The Morgan fingerprint density at radius 1 is 0.765 bits per heavy atom. The number of aromatic nitrogens is 2. The number of aromatic carboxylic acids is 1. The van der Waals surface area contributed by atoms with Crippen molar-refractivity contribution in [3.8, 4) is 0 Å². The molecule has 4 heterocycles. The zero-order chi connectivity index (χ0) is 24.5. The van der Waals surface area contributed by atoms with E-state index in [4.69, 9.17) is 9.84 Å². The summed E-state index contributed by atoms with van der Waals surface area (Å²) >= 11 is 2.37. The largest absolute Gasteiger partial charge is 0.478 e. The van der Waals surface area contributed by atoms with Gasteiger partial charge in [-0.05, 0) is 54.1 Å². The molecule has 4 aromatic rings. The van der Waals surface area contributed by atoms with Crippen LogP contribution in [0.1, 0.15) is 58.1 Å². The zero-order valence-electron chi connectivity index (χ0n) is 17.8. The van der Waals surface area contributed by atoms with Crippen molar-refractivity contribution in [3.63, 3.8) is 0 Å². The second-order valence-corrected chi connectivity index (χ2v) is 8.31. The van der Waals surface area contributed by atoms with Gasteiger partial charge in [-0.1, -0.05) is 0 Å². The highest BCUT2D eigenvalue weighted by atomic mass is 32.1. The van der Waals surface area contributed by atoms with Crippen molar-refractivity contribution in [1.82, 2.24) is 9.97 Å². The molecule has 34 heavy (non-hydrogen) atoms. The number of ketones is 2. The van der Waals surface area contributed by atoms with E-state index < -0.39 is 11.9 Å². The van der Waals surface area contributed by atoms with Crippen molar-refractivity contribution >= 4 is 46.2 Å². The SMILES string of the molecule is CCOC(=O)c1ccsc1C(=O)c1ccncc1.O=C(O)c1ccsc1C(=O)c1ccncc1. The predicted molar refractivity (Wildman–Crippen MR) is 127 cm³/mol. The van der Waals surface area contributed by atoms with Gasteiger partial charge in [-0.3, -0.25) is 19.6 Å². The quantitative estimate of drug-likeness (QED) is 0.291. The molecular weight excluding hydrogens is 476 g/mol. The lowest BCUT2D eigenvalue weighted by Crippen LogP contribution is -2.09. The summed E-state index contributed by atoms with van der Waals surface area (Å²) in [5, 5.41) is 12.2. The summed E-state index contributed by atoms with van der Waals surface area (Å²) in [4.78, 5) is 55.0. The fraction of sp³-hybridized carbons (Fsp3) is 0.0833. The molecule has 0 radical (unpaired) electrons. The Bertz CT molecular complexity index is 1300. The van der Waals surface area contributed by atoms with Gasteiger partial charge in [0.2, 0.25) is 11.6 Å². The fourth-order valence-corrected chi connectivity index (χ4v) is 4.47. The van der Waals surface area contributed by atoms with E-state index in [0.29, 0.717) is 21.6 Å². The molecule has 0 atom stereocenters. The smallest absolute Gasteiger partial charge is 0.339 e. The average Bonchev–Trinajstić information content (AvgIpc) is 3.55. The summed E-state index contributed by atoms with van der Waals surface area (Å²) in [5.41, 5.74) is 1.33. The second-order valence-electron chi connectivity index (χ2n) is 6.48. The van der Waals surface area contributed by atoms with Gasteiger partial charge in [-0.15, -0.1) is 22.7 Å². The van der Waals surface area contributed by atoms with E-state index in [1.807, 2.05) is 0 Å². The normalized spacial score (nSPS) is 10.0. The van der Waals surface area contributed by atoms with Crippen LogP contribution in [0.3, 0.4) is 0 Å². The summed E-state index contributed by atoms with van der Waals surface area (Å²) in [6, 6.07) is 9.41. The first-order valence-corrected chi connectivity index (χ1v) is 11.6. The summed E-state index contributed by atoms with van der Waals surface area (Å²) in [6.45, 7) is 2.02. The van der Waals surface area contributed by atoms with Crippen LogP contribution in [0.25, 0.3) is 0 Å². The Morgan fingerprint density at radius 2 is 1.21 bits per heavy atom. The number of ether oxygens (including phenoxy) is 1. The van der Waals surface area contributed by atoms with Crippen LogP contribution in [0.2, 0.25) is 0 Å². The Morgan fingerprint density at radius 3 is 1.65 bits per heavy atom. The molecule has 0 amide bonds. The van der Waals surface area contributed by atoms with Crippen molar-refractivity contribution in [2.24, 2.45) is 0 Å². The molecule has 10 heteroatoms. The van der Waals surface area contributed by atoms with Gasteiger partial charge in [0.15, 0.2) is 0 Å². The first-order chi connectivity index (χ1) is 16.4. The summed E-state index contributed by atoms with van der Waals surface area (Å²) in [5.74, 6) is -2.01. The molecule has 0 aromatic carbocycles. The lowest BCUT2D eigenvalue weighted by atomic mass is 10.1. The highest BCUT2D eigenvalue weighted by Crippen LogP contribution is 2.22. The monoisotopic (exact) mass is 494 g/mol. The molecule has 4 rings (SSSR count). The highest BCUT2D eigenvalue weighted by Gasteiger charge is 2.21. The molecule has 0 bridgehead atoms. The lowest BCUT2D eigenvalue weighted by molar-refractivity contribution is 0.0524. The zero-order valence-corrected chi connectivity index (χ0v) is 19.5. The average molecular weight is 495 g/mol. The maximum absolute atomic E-state index is 12.2. The fourth-order valence-electron chi connectivity index (χ4n) is 2.78. The lowest BCUT2D eigenvalue weighted by Gasteiger charge is -2.03. The third-order valence-corrected chi connectivity index (χ3v) is 6.18. The van der Waals surface area contributed by atoms with Gasteiger partial charge in [0.1, 0.15) is 0 Å². The minimum absolute atomic E-state index is 0.0480. The van der Waals surface area contributed by atoms with Crippen molar-refractivity contribution in [3.05, 3.63) is 104 Å². The van der Waals surface area contributed by atoms with Crippen molar-refractivity contribution in [2.75, 3.05) is 6.61 Å². The van der Waals surface area contributed by atoms with E-state index in [9.17, 15) is 19.2 Å². The molecule has 0 saturated heterocycles. The molecule has 0 saturated carbocycles. The van der Waals surface area contributed by atoms with E-state index >= 15 is 0 Å². The molecule has 0 spiro atoms. The molecule has 0 aliphatic carbocycles. The second kappa shape index (κ2) is 11.7. The highest BCUT2D eigenvalue weighted by molar-refractivity contribution is 7.13. The number of pyridine rings is 2. The van der Waals surface area contributed by atoms with Gasteiger partial charge in [0, 0.05) is 35.9 Å². The third-order valence-electron chi connectivity index (χ3n) is 4.35. The molecular formula is C24H18N2O6S2. The number of carboxylic acid groups (broad SMARTS) is 1. The van der Waals surface area contributed by atoms with Crippen LogP contribution in [0.15, 0.2) is 71.9 Å². The Kier molecular flexibility index (Phi) is 8.49. The van der Waals surface area contributed by atoms with Crippen molar-refractivity contribution < 1.29 is 29.0 Å². The minimum Gasteiger partial charge on any atom is -0.478 e. The molecule has 0 unspecified atom stereocenters. The van der Waals surface area contributed by atoms with Gasteiger partial charge < -0.3 is 9.84 Å². The van der Waals surface area contributed by atoms with Crippen LogP contribution >= 0.6 is 22.7 Å². The number of hydrogen-bond acceptors (Lipinski definition) is 9. The number of hydrogen-bond donors (Lipinski definition) is 1. The molecule has 172 valence electrons. The number of thiophene rings is 2. The van der Waals surface area contributed by atoms with Crippen LogP contribution in [-0.4, -0.2) is 45.2 Å². The number of carbonyl (C=O) groups is 4. The van der Waals surface area contributed by atoms with Gasteiger partial charge in [-0.2, -0.15) is 0 Å². The van der Waals surface area contributed by atoms with Crippen LogP contribution in [0.4, 0.5) is 0 Å². The summed E-state index contributed by atoms with van der Waals surface area (Å²) in [7, 11) is 0. The Hall–Kier alpha value is -4.02. The molecule has 0 fully saturated rings. The summed E-state index contributed by atoms with van der Waals surface area (Å²) < 4.78 is 4.92. The number of rotatable bonds is 7. The molecule has 0 aliphatic heterocycles. The number of esters is 1. The first-order valence-electron chi connectivity index (χ1n) is 9.88. The topological polar surface area (TPSA) is 124 Å². The molecule has 0 aliphatic rings. The van der Waals surface area contributed by atoms with Crippen molar-refractivity contribution in [1.29, 1.82) is 0 Å². The van der Waals surface area contributed by atoms with E-state index in [2.05, 4.69) is 9.97 Å². The van der Waals surface area contributed by atoms with Gasteiger partial charge in [-0.25, -0.2) is 9.59 Å². The third kappa shape index (κ3) is 5.85. The summed E-state index contributed by atoms with van der Waals surface area (Å²) in [6.07, 6.45) is 6.10. The van der Waals surface area contributed by atoms with Crippen LogP contribution in [-0.2, 0) is 4.74 Å². The maximum atomic E-state index is 12.2. The van der Waals surface area contributed by atoms with Crippen LogP contribution < -0.4 is 0 Å². The van der Waals surface area contributed by atoms with Crippen LogP contribution in [0.5, 0.6) is 0 Å². The predicted octanol–water partition coefficient (Wildman–Crippen LogP) is 4.62. The Balaban J connectivity index is 0.000000192. The van der Waals surface area contributed by atoms with E-state index in [1.165, 1.54) is 29.8 Å². The maximum Gasteiger partial charge on any atom is 0.339 e. The van der Waals surface area contributed by atoms with Gasteiger partial charge in [0.05, 0.1) is 27.5 Å². The minimum atomic E-state index is -1.08. The first kappa shape index (κ1) is 24.6.